The molecule has 0 spiro atoms. The van der Waals surface area contributed by atoms with Gasteiger partial charge in [-0.05, 0) is 61.3 Å². The summed E-state index contributed by atoms with van der Waals surface area (Å²) in [6.07, 6.45) is 8.69. The summed E-state index contributed by atoms with van der Waals surface area (Å²) in [5.74, 6) is 2.27. The number of aromatic amines is 1. The number of benzene rings is 1. The highest BCUT2D eigenvalue weighted by atomic mass is 16.1. The summed E-state index contributed by atoms with van der Waals surface area (Å²) in [5, 5.41) is 7.71. The molecule has 2 saturated carbocycles. The van der Waals surface area contributed by atoms with E-state index in [1.54, 1.807) is 4.68 Å². The van der Waals surface area contributed by atoms with Crippen molar-refractivity contribution in [3.63, 3.8) is 0 Å². The Hall–Kier alpha value is -2.96. The maximum atomic E-state index is 12.4. The molecule has 7 heteroatoms. The number of hydrogen-bond donors (Lipinski definition) is 2. The number of anilines is 1. The molecule has 2 bridgehead atoms. The van der Waals surface area contributed by atoms with Crippen LogP contribution in [0.5, 0.6) is 0 Å². The molecule has 2 aliphatic carbocycles. The quantitative estimate of drug-likeness (QED) is 0.745. The molecule has 1 aromatic carbocycles. The molecule has 2 heterocycles. The highest BCUT2D eigenvalue weighted by Gasteiger charge is 2.40. The van der Waals surface area contributed by atoms with E-state index in [9.17, 15) is 9.59 Å². The Bertz CT molecular complexity index is 1050. The van der Waals surface area contributed by atoms with Crippen LogP contribution in [-0.4, -0.2) is 25.7 Å². The molecule has 2 aromatic heterocycles. The van der Waals surface area contributed by atoms with E-state index in [0.717, 1.165) is 23.2 Å². The number of hydrogen-bond acceptors (Lipinski definition) is 4. The average molecular weight is 363 g/mol. The predicted molar refractivity (Wildman–Crippen MR) is 102 cm³/mol. The molecule has 0 radical (unpaired) electrons. The summed E-state index contributed by atoms with van der Waals surface area (Å²) in [6, 6.07) is 7.44. The molecule has 2 N–H and O–H groups in total. The van der Waals surface area contributed by atoms with Crippen LogP contribution in [0.25, 0.3) is 16.7 Å². The van der Waals surface area contributed by atoms with Crippen molar-refractivity contribution in [3.05, 3.63) is 47.1 Å². The fourth-order valence-electron chi connectivity index (χ4n) is 4.81. The first-order valence-corrected chi connectivity index (χ1v) is 9.49. The van der Waals surface area contributed by atoms with E-state index in [-0.39, 0.29) is 11.5 Å². The number of carbonyl (C=O) groups is 1. The highest BCUT2D eigenvalue weighted by Crippen LogP contribution is 2.49. The van der Waals surface area contributed by atoms with Crippen LogP contribution < -0.4 is 10.9 Å². The molecule has 27 heavy (non-hydrogen) atoms. The first kappa shape index (κ1) is 16.2. The number of rotatable bonds is 4. The second kappa shape index (κ2) is 6.33. The van der Waals surface area contributed by atoms with Gasteiger partial charge < -0.3 is 10.3 Å². The lowest BCUT2D eigenvalue weighted by molar-refractivity contribution is -0.117. The molecule has 3 aromatic rings. The van der Waals surface area contributed by atoms with E-state index in [2.05, 4.69) is 20.4 Å². The van der Waals surface area contributed by atoms with Crippen LogP contribution in [0.2, 0.25) is 0 Å². The molecule has 0 unspecified atom stereocenters. The first-order valence-electron chi connectivity index (χ1n) is 9.49. The standard InChI is InChI=1S/C20H21N5O2/c26-18(9-14-8-12-1-2-13(14)7-12)24-15-3-5-16(6-4-15)25-19-17(10-23-25)20(27)22-11-21-19/h3-6,10-14H,1-2,7-9H2,(H,24,26)(H,21,22,27)/t12-,13-,14-/m0/s1. The van der Waals surface area contributed by atoms with E-state index in [1.807, 2.05) is 24.3 Å². The second-order valence-corrected chi connectivity index (χ2v) is 7.76. The normalized spacial score (nSPS) is 23.8. The van der Waals surface area contributed by atoms with Gasteiger partial charge in [0.1, 0.15) is 5.39 Å². The number of H-pyrrole nitrogens is 1. The third-order valence-electron chi connectivity index (χ3n) is 6.10. The van der Waals surface area contributed by atoms with Gasteiger partial charge in [0.15, 0.2) is 5.65 Å². The van der Waals surface area contributed by atoms with Gasteiger partial charge in [-0.25, -0.2) is 9.67 Å². The summed E-state index contributed by atoms with van der Waals surface area (Å²) in [5.41, 5.74) is 1.85. The minimum atomic E-state index is -0.212. The summed E-state index contributed by atoms with van der Waals surface area (Å²) < 4.78 is 1.62. The van der Waals surface area contributed by atoms with Gasteiger partial charge in [-0.1, -0.05) is 6.42 Å². The maximum Gasteiger partial charge on any atom is 0.261 e. The van der Waals surface area contributed by atoms with Crippen LogP contribution >= 0.6 is 0 Å². The third kappa shape index (κ3) is 2.93. The zero-order valence-corrected chi connectivity index (χ0v) is 14.9. The number of fused-ring (bicyclic) bond motifs is 3. The van der Waals surface area contributed by atoms with Gasteiger partial charge in [0.2, 0.25) is 5.91 Å². The fraction of sp³-hybridized carbons (Fsp3) is 0.400. The van der Waals surface area contributed by atoms with Crippen molar-refractivity contribution in [1.29, 1.82) is 0 Å². The topological polar surface area (TPSA) is 92.7 Å². The second-order valence-electron chi connectivity index (χ2n) is 7.76. The first-order chi connectivity index (χ1) is 13.2. The fourth-order valence-corrected chi connectivity index (χ4v) is 4.81. The molecule has 138 valence electrons. The van der Waals surface area contributed by atoms with Gasteiger partial charge in [0.25, 0.3) is 5.56 Å². The van der Waals surface area contributed by atoms with Crippen molar-refractivity contribution >= 4 is 22.6 Å². The van der Waals surface area contributed by atoms with Crippen LogP contribution in [0.1, 0.15) is 32.1 Å². The van der Waals surface area contributed by atoms with Gasteiger partial charge in [-0.15, -0.1) is 0 Å². The molecule has 0 saturated heterocycles. The number of aromatic nitrogens is 4. The van der Waals surface area contributed by atoms with Gasteiger partial charge in [-0.2, -0.15) is 5.10 Å². The van der Waals surface area contributed by atoms with Crippen molar-refractivity contribution in [2.75, 3.05) is 5.32 Å². The average Bonchev–Trinajstić information content (AvgIpc) is 3.38. The molecule has 3 atom stereocenters. The minimum absolute atomic E-state index is 0.0954. The molecule has 2 fully saturated rings. The summed E-state index contributed by atoms with van der Waals surface area (Å²) in [7, 11) is 0. The zero-order chi connectivity index (χ0) is 18.4. The molecular weight excluding hydrogens is 342 g/mol. The molecule has 0 aliphatic heterocycles. The van der Waals surface area contributed by atoms with Crippen LogP contribution in [0.4, 0.5) is 5.69 Å². The van der Waals surface area contributed by atoms with Crippen LogP contribution in [-0.2, 0) is 4.79 Å². The van der Waals surface area contributed by atoms with Crippen LogP contribution in [0, 0.1) is 17.8 Å². The Morgan fingerprint density at radius 2 is 2.07 bits per heavy atom. The van der Waals surface area contributed by atoms with E-state index in [4.69, 9.17) is 0 Å². The van der Waals surface area contributed by atoms with E-state index < -0.39 is 0 Å². The van der Waals surface area contributed by atoms with Crippen LogP contribution in [0.15, 0.2) is 41.6 Å². The smallest absolute Gasteiger partial charge is 0.261 e. The lowest BCUT2D eigenvalue weighted by Crippen LogP contribution is -2.20. The number of nitrogens with one attached hydrogen (secondary N) is 2. The Morgan fingerprint density at radius 3 is 2.81 bits per heavy atom. The van der Waals surface area contributed by atoms with E-state index in [1.165, 1.54) is 38.2 Å². The Labute approximate surface area is 155 Å². The maximum absolute atomic E-state index is 12.4. The van der Waals surface area contributed by atoms with Gasteiger partial charge in [-0.3, -0.25) is 9.59 Å². The highest BCUT2D eigenvalue weighted by molar-refractivity contribution is 5.91. The predicted octanol–water partition coefficient (Wildman–Crippen LogP) is 2.87. The lowest BCUT2D eigenvalue weighted by Gasteiger charge is -2.20. The van der Waals surface area contributed by atoms with Gasteiger partial charge in [0.05, 0.1) is 18.2 Å². The largest absolute Gasteiger partial charge is 0.326 e. The summed E-state index contributed by atoms with van der Waals surface area (Å²) in [6.45, 7) is 0. The zero-order valence-electron chi connectivity index (χ0n) is 14.9. The van der Waals surface area contributed by atoms with E-state index in [0.29, 0.717) is 23.4 Å². The van der Waals surface area contributed by atoms with E-state index >= 15 is 0 Å². The molecule has 7 nitrogen and oxygen atoms in total. The summed E-state index contributed by atoms with van der Waals surface area (Å²) in [4.78, 5) is 30.9. The van der Waals surface area contributed by atoms with Gasteiger partial charge in [0, 0.05) is 12.1 Å². The van der Waals surface area contributed by atoms with Crippen LogP contribution in [0.3, 0.4) is 0 Å². The van der Waals surface area contributed by atoms with Crippen molar-refractivity contribution in [1.82, 2.24) is 19.7 Å². The van der Waals surface area contributed by atoms with Crippen molar-refractivity contribution in [2.45, 2.75) is 32.1 Å². The molecule has 1 amide bonds. The number of amides is 1. The SMILES string of the molecule is O=C(C[C@@H]1C[C@H]2CC[C@H]1C2)Nc1ccc(-n2ncc3c(=O)[nH]cnc32)cc1. The monoisotopic (exact) mass is 363 g/mol. The molecular formula is C20H21N5O2. The Morgan fingerprint density at radius 1 is 1.22 bits per heavy atom. The Kier molecular flexibility index (Phi) is 3.81. The summed E-state index contributed by atoms with van der Waals surface area (Å²) >= 11 is 0. The van der Waals surface area contributed by atoms with Gasteiger partial charge >= 0.3 is 0 Å². The van der Waals surface area contributed by atoms with Crippen molar-refractivity contribution in [3.8, 4) is 5.69 Å². The molecule has 5 rings (SSSR count). The lowest BCUT2D eigenvalue weighted by atomic mass is 9.86. The third-order valence-corrected chi connectivity index (χ3v) is 6.10. The number of nitrogens with zero attached hydrogens (tertiary/aromatic N) is 3. The Balaban J connectivity index is 1.29. The molecule has 2 aliphatic rings. The minimum Gasteiger partial charge on any atom is -0.326 e. The number of carbonyl (C=O) groups excluding carboxylic acids is 1. The van der Waals surface area contributed by atoms with Crippen molar-refractivity contribution in [2.24, 2.45) is 17.8 Å². The van der Waals surface area contributed by atoms with Crippen molar-refractivity contribution < 1.29 is 4.79 Å².